The summed E-state index contributed by atoms with van der Waals surface area (Å²) in [6.07, 6.45) is 5.31. The first-order valence-corrected chi connectivity index (χ1v) is 5.34. The zero-order chi connectivity index (χ0) is 10.5. The molecule has 1 aromatic heterocycles. The number of halogens is 1. The third-order valence-electron chi connectivity index (χ3n) is 2.52. The molecule has 0 atom stereocenters. The molecule has 2 heteroatoms. The van der Waals surface area contributed by atoms with Gasteiger partial charge in [-0.1, -0.05) is 35.9 Å². The highest BCUT2D eigenvalue weighted by Crippen LogP contribution is 2.04. The third kappa shape index (κ3) is 3.67. The van der Waals surface area contributed by atoms with Crippen molar-refractivity contribution in [3.05, 3.63) is 66.0 Å². The van der Waals surface area contributed by atoms with Crippen LogP contribution in [-0.2, 0) is 13.0 Å². The predicted molar refractivity (Wildman–Crippen MR) is 61.5 cm³/mol. The Kier molecular flexibility index (Phi) is 5.00. The molecule has 1 heterocycles. The summed E-state index contributed by atoms with van der Waals surface area (Å²) in [7, 11) is 0. The molecule has 0 saturated carbocycles. The molecule has 0 amide bonds. The van der Waals surface area contributed by atoms with Crippen molar-refractivity contribution in [2.24, 2.45) is 0 Å². The first-order valence-electron chi connectivity index (χ1n) is 5.34. The molecule has 0 aliphatic carbocycles. The summed E-state index contributed by atoms with van der Waals surface area (Å²) in [5.74, 6) is 0. The Morgan fingerprint density at radius 3 is 2.44 bits per heavy atom. The average Bonchev–Trinajstić information content (AvgIpc) is 2.28. The third-order valence-corrected chi connectivity index (χ3v) is 2.52. The van der Waals surface area contributed by atoms with E-state index in [1.807, 2.05) is 6.07 Å². The molecule has 0 fully saturated rings. The van der Waals surface area contributed by atoms with Crippen molar-refractivity contribution in [1.82, 2.24) is 0 Å². The Balaban J connectivity index is 0.00000128. The first-order chi connectivity index (χ1) is 7.34. The van der Waals surface area contributed by atoms with Crippen LogP contribution in [0.2, 0.25) is 0 Å². The first kappa shape index (κ1) is 12.7. The van der Waals surface area contributed by atoms with Gasteiger partial charge in [0.15, 0.2) is 18.9 Å². The molecule has 0 spiro atoms. The maximum atomic E-state index is 2.25. The van der Waals surface area contributed by atoms with Gasteiger partial charge in [-0.3, -0.25) is 0 Å². The van der Waals surface area contributed by atoms with Crippen LogP contribution in [0.25, 0.3) is 0 Å². The van der Waals surface area contributed by atoms with Crippen molar-refractivity contribution in [2.75, 3.05) is 0 Å². The summed E-state index contributed by atoms with van der Waals surface area (Å²) in [6.45, 7) is 3.18. The van der Waals surface area contributed by atoms with E-state index in [0.29, 0.717) is 0 Å². The van der Waals surface area contributed by atoms with Crippen LogP contribution in [0.15, 0.2) is 54.9 Å². The van der Waals surface area contributed by atoms with E-state index < -0.39 is 0 Å². The second-order valence-corrected chi connectivity index (χ2v) is 3.85. The van der Waals surface area contributed by atoms with Gasteiger partial charge < -0.3 is 12.4 Å². The van der Waals surface area contributed by atoms with Gasteiger partial charge in [0, 0.05) is 18.6 Å². The maximum absolute atomic E-state index is 2.25. The van der Waals surface area contributed by atoms with Crippen molar-refractivity contribution >= 4 is 0 Å². The van der Waals surface area contributed by atoms with Crippen LogP contribution in [0.3, 0.4) is 0 Å². The SMILES string of the molecule is Cc1cccc(CC[n+]2ccccc2)c1.[Cl-]. The zero-order valence-corrected chi connectivity index (χ0v) is 10.2. The van der Waals surface area contributed by atoms with Crippen molar-refractivity contribution in [2.45, 2.75) is 19.9 Å². The molecule has 2 rings (SSSR count). The fourth-order valence-corrected chi connectivity index (χ4v) is 1.71. The van der Waals surface area contributed by atoms with E-state index in [1.54, 1.807) is 0 Å². The lowest BCUT2D eigenvalue weighted by Gasteiger charge is -1.99. The fourth-order valence-electron chi connectivity index (χ4n) is 1.71. The molecule has 0 aliphatic rings. The van der Waals surface area contributed by atoms with Crippen LogP contribution < -0.4 is 17.0 Å². The molecule has 16 heavy (non-hydrogen) atoms. The summed E-state index contributed by atoms with van der Waals surface area (Å²) in [4.78, 5) is 0. The Morgan fingerprint density at radius 2 is 1.75 bits per heavy atom. The van der Waals surface area contributed by atoms with Crippen molar-refractivity contribution < 1.29 is 17.0 Å². The summed E-state index contributed by atoms with van der Waals surface area (Å²) in [5.41, 5.74) is 2.75. The van der Waals surface area contributed by atoms with Crippen LogP contribution in [0.1, 0.15) is 11.1 Å². The van der Waals surface area contributed by atoms with E-state index in [9.17, 15) is 0 Å². The molecule has 0 saturated heterocycles. The number of hydrogen-bond donors (Lipinski definition) is 0. The second kappa shape index (κ2) is 6.29. The van der Waals surface area contributed by atoms with Gasteiger partial charge in [-0.2, -0.15) is 0 Å². The van der Waals surface area contributed by atoms with Gasteiger partial charge >= 0.3 is 0 Å². The van der Waals surface area contributed by atoms with Gasteiger partial charge in [-0.25, -0.2) is 4.57 Å². The maximum Gasteiger partial charge on any atom is 0.168 e. The van der Waals surface area contributed by atoms with Gasteiger partial charge in [0.05, 0.1) is 0 Å². The summed E-state index contributed by atoms with van der Waals surface area (Å²) < 4.78 is 2.21. The highest BCUT2D eigenvalue weighted by atomic mass is 35.5. The van der Waals surface area contributed by atoms with E-state index in [2.05, 4.69) is 60.3 Å². The quantitative estimate of drug-likeness (QED) is 0.632. The summed E-state index contributed by atoms with van der Waals surface area (Å²) in [5, 5.41) is 0. The van der Waals surface area contributed by atoms with E-state index in [-0.39, 0.29) is 12.4 Å². The molecule has 0 unspecified atom stereocenters. The number of hydrogen-bond acceptors (Lipinski definition) is 0. The van der Waals surface area contributed by atoms with Crippen LogP contribution in [-0.4, -0.2) is 0 Å². The molecule has 0 radical (unpaired) electrons. The van der Waals surface area contributed by atoms with Crippen molar-refractivity contribution in [3.8, 4) is 0 Å². The molecular formula is C14H16ClN. The van der Waals surface area contributed by atoms with E-state index in [1.165, 1.54) is 11.1 Å². The number of pyridine rings is 1. The van der Waals surface area contributed by atoms with E-state index >= 15 is 0 Å². The van der Waals surface area contributed by atoms with Gasteiger partial charge in [-0.05, 0) is 12.5 Å². The van der Waals surface area contributed by atoms with Gasteiger partial charge in [0.1, 0.15) is 0 Å². The zero-order valence-electron chi connectivity index (χ0n) is 9.44. The van der Waals surface area contributed by atoms with Crippen LogP contribution in [0, 0.1) is 6.92 Å². The Hall–Kier alpha value is -1.34. The van der Waals surface area contributed by atoms with Crippen LogP contribution >= 0.6 is 0 Å². The van der Waals surface area contributed by atoms with Crippen LogP contribution in [0.4, 0.5) is 0 Å². The lowest BCUT2D eigenvalue weighted by Crippen LogP contribution is -3.00. The molecule has 2 aromatic rings. The normalized spacial score (nSPS) is 9.56. The van der Waals surface area contributed by atoms with E-state index in [4.69, 9.17) is 0 Å². The number of aromatic nitrogens is 1. The average molecular weight is 234 g/mol. The second-order valence-electron chi connectivity index (χ2n) is 3.85. The number of rotatable bonds is 3. The topological polar surface area (TPSA) is 3.88 Å². The molecule has 0 bridgehead atoms. The lowest BCUT2D eigenvalue weighted by atomic mass is 10.1. The number of benzene rings is 1. The fraction of sp³-hybridized carbons (Fsp3) is 0.214. The number of nitrogens with zero attached hydrogens (tertiary/aromatic N) is 1. The lowest BCUT2D eigenvalue weighted by molar-refractivity contribution is -0.696. The van der Waals surface area contributed by atoms with Crippen molar-refractivity contribution in [1.29, 1.82) is 0 Å². The van der Waals surface area contributed by atoms with Crippen molar-refractivity contribution in [3.63, 3.8) is 0 Å². The summed E-state index contributed by atoms with van der Waals surface area (Å²) >= 11 is 0. The van der Waals surface area contributed by atoms with Gasteiger partial charge in [0.2, 0.25) is 0 Å². The molecule has 0 N–H and O–H groups in total. The van der Waals surface area contributed by atoms with E-state index in [0.717, 1.165) is 13.0 Å². The minimum atomic E-state index is 0. The minimum Gasteiger partial charge on any atom is -1.00 e. The number of aryl methyl sites for hydroxylation is 3. The molecular weight excluding hydrogens is 218 g/mol. The molecule has 84 valence electrons. The minimum absolute atomic E-state index is 0. The Labute approximate surface area is 103 Å². The molecule has 1 nitrogen and oxygen atoms in total. The predicted octanol–water partition coefficient (Wildman–Crippen LogP) is -0.471. The van der Waals surface area contributed by atoms with Gasteiger partial charge in [0.25, 0.3) is 0 Å². The molecule has 1 aromatic carbocycles. The smallest absolute Gasteiger partial charge is 0.168 e. The monoisotopic (exact) mass is 233 g/mol. The van der Waals surface area contributed by atoms with Gasteiger partial charge in [-0.15, -0.1) is 0 Å². The largest absolute Gasteiger partial charge is 1.00 e. The standard InChI is InChI=1S/C14H16N.ClH/c1-13-6-5-7-14(12-13)8-11-15-9-3-2-4-10-15;/h2-7,9-10,12H,8,11H2,1H3;1H/q+1;/p-1. The summed E-state index contributed by atoms with van der Waals surface area (Å²) in [6, 6.07) is 14.9. The highest BCUT2D eigenvalue weighted by Gasteiger charge is 1.99. The van der Waals surface area contributed by atoms with Crippen LogP contribution in [0.5, 0.6) is 0 Å². The molecule has 0 aliphatic heterocycles. The Morgan fingerprint density at radius 1 is 1.00 bits per heavy atom. The highest BCUT2D eigenvalue weighted by molar-refractivity contribution is 5.21. The Bertz CT molecular complexity index is 426.